The third-order valence-electron chi connectivity index (χ3n) is 1.04. The van der Waals surface area contributed by atoms with Crippen molar-refractivity contribution in [3.63, 3.8) is 0 Å². The third kappa shape index (κ3) is 12.5. The molecule has 0 saturated heterocycles. The smallest absolute Gasteiger partial charge is 0.407 e. The lowest BCUT2D eigenvalue weighted by molar-refractivity contribution is 0.149. The summed E-state index contributed by atoms with van der Waals surface area (Å²) in [6, 6.07) is 0. The Morgan fingerprint density at radius 1 is 1.53 bits per heavy atom. The minimum absolute atomic E-state index is 0.275. The Bertz CT molecular complexity index is 233. The molecule has 8 heteroatoms. The highest BCUT2D eigenvalue weighted by atomic mass is 35.6. The molecule has 1 N–H and O–H groups in total. The van der Waals surface area contributed by atoms with Crippen LogP contribution < -0.4 is 5.32 Å². The summed E-state index contributed by atoms with van der Waals surface area (Å²) in [5.74, 6) is 0.693. The number of alkyl halides is 3. The van der Waals surface area contributed by atoms with Crippen molar-refractivity contribution in [3.8, 4) is 0 Å². The minimum Gasteiger partial charge on any atom is -0.445 e. The van der Waals surface area contributed by atoms with Gasteiger partial charge in [0.1, 0.15) is 6.61 Å². The number of amides is 1. The fourth-order valence-corrected chi connectivity index (χ4v) is 1.45. The molecule has 0 aliphatic carbocycles. The van der Waals surface area contributed by atoms with Crippen LogP contribution in [-0.2, 0) is 4.74 Å². The van der Waals surface area contributed by atoms with Gasteiger partial charge in [-0.3, -0.25) is 0 Å². The maximum Gasteiger partial charge on any atom is 0.407 e. The fourth-order valence-electron chi connectivity index (χ4n) is 0.546. The van der Waals surface area contributed by atoms with Crippen molar-refractivity contribution in [2.45, 2.75) is 10.7 Å². The van der Waals surface area contributed by atoms with Crippen LogP contribution in [0.5, 0.6) is 0 Å². The summed E-state index contributed by atoms with van der Waals surface area (Å²) >= 11 is 22.5. The van der Waals surface area contributed by atoms with E-state index in [-0.39, 0.29) is 6.61 Å². The molecule has 0 aromatic heterocycles. The van der Waals surface area contributed by atoms with Crippen LogP contribution in [0.15, 0.2) is 0 Å². The molecule has 3 nitrogen and oxygen atoms in total. The second-order valence-electron chi connectivity index (χ2n) is 2.46. The number of thioether (sulfide) groups is 1. The predicted molar refractivity (Wildman–Crippen MR) is 70.4 cm³/mol. The molecule has 0 radical (unpaired) electrons. The number of hydrogen-bond acceptors (Lipinski definition) is 4. The number of hydrogen-bond donors (Lipinski definition) is 1. The molecular weight excluding hydrogens is 301 g/mol. The highest BCUT2D eigenvalue weighted by Crippen LogP contribution is 2.25. The second kappa shape index (κ2) is 7.79. The molecule has 0 aliphatic heterocycles. The van der Waals surface area contributed by atoms with Crippen LogP contribution in [0.25, 0.3) is 0 Å². The lowest BCUT2D eigenvalue weighted by atomic mass is 10.7. The number of thiocarbonyl (C=S) groups is 1. The predicted octanol–water partition coefficient (Wildman–Crippen LogP) is 3.16. The van der Waals surface area contributed by atoms with Gasteiger partial charge >= 0.3 is 6.09 Å². The van der Waals surface area contributed by atoms with Crippen LogP contribution >= 0.6 is 58.8 Å². The maximum absolute atomic E-state index is 11.0. The van der Waals surface area contributed by atoms with Crippen LogP contribution in [0.3, 0.4) is 0 Å². The zero-order chi connectivity index (χ0) is 11.9. The average Bonchev–Trinajstić information content (AvgIpc) is 2.07. The fraction of sp³-hybridized carbons (Fsp3) is 0.714. The maximum atomic E-state index is 11.0. The number of ether oxygens (including phenoxy) is 1. The van der Waals surface area contributed by atoms with Crippen molar-refractivity contribution >= 4 is 69.1 Å². The summed E-state index contributed by atoms with van der Waals surface area (Å²) < 4.78 is 3.88. The van der Waals surface area contributed by atoms with E-state index in [9.17, 15) is 4.79 Å². The normalized spacial score (nSPS) is 10.9. The van der Waals surface area contributed by atoms with Gasteiger partial charge in [0.05, 0.1) is 0 Å². The topological polar surface area (TPSA) is 38.3 Å². The van der Waals surface area contributed by atoms with Gasteiger partial charge in [-0.2, -0.15) is 0 Å². The lowest BCUT2D eigenvalue weighted by Crippen LogP contribution is -2.29. The molecule has 0 aliphatic rings. The number of carbonyl (C=O) groups excluding carboxylic acids is 1. The molecule has 88 valence electrons. The van der Waals surface area contributed by atoms with E-state index in [1.807, 2.05) is 6.92 Å². The highest BCUT2D eigenvalue weighted by molar-refractivity contribution is 8.23. The van der Waals surface area contributed by atoms with Crippen LogP contribution in [0.4, 0.5) is 4.79 Å². The van der Waals surface area contributed by atoms with Crippen molar-refractivity contribution in [3.05, 3.63) is 0 Å². The van der Waals surface area contributed by atoms with Gasteiger partial charge in [-0.25, -0.2) is 4.79 Å². The van der Waals surface area contributed by atoms with Gasteiger partial charge in [-0.1, -0.05) is 47.0 Å². The molecule has 0 fully saturated rings. The van der Waals surface area contributed by atoms with E-state index in [1.165, 1.54) is 11.8 Å². The summed E-state index contributed by atoms with van der Waals surface area (Å²) in [7, 11) is 0. The van der Waals surface area contributed by atoms with Gasteiger partial charge in [-0.05, 0) is 6.92 Å². The van der Waals surface area contributed by atoms with Crippen molar-refractivity contribution in [2.24, 2.45) is 0 Å². The molecule has 0 spiro atoms. The Balaban J connectivity index is 3.46. The summed E-state index contributed by atoms with van der Waals surface area (Å²) in [6.45, 7) is 2.00. The molecule has 0 saturated carbocycles. The van der Waals surface area contributed by atoms with E-state index in [0.717, 1.165) is 4.20 Å². The zero-order valence-corrected chi connectivity index (χ0v) is 11.8. The summed E-state index contributed by atoms with van der Waals surface area (Å²) in [6.07, 6.45) is -0.607. The first-order chi connectivity index (χ1) is 6.81. The van der Waals surface area contributed by atoms with Gasteiger partial charge in [0.2, 0.25) is 3.79 Å². The standard InChI is InChI=1S/C7H10Cl3NO2S2/c1-5(14)15-3-2-11-6(12)13-4-7(8,9)10/h2-4H2,1H3,(H,11,12). The van der Waals surface area contributed by atoms with Crippen molar-refractivity contribution < 1.29 is 9.53 Å². The van der Waals surface area contributed by atoms with Gasteiger partial charge in [0.15, 0.2) is 0 Å². The van der Waals surface area contributed by atoms with E-state index < -0.39 is 9.89 Å². The van der Waals surface area contributed by atoms with Crippen molar-refractivity contribution in [1.29, 1.82) is 0 Å². The van der Waals surface area contributed by atoms with Gasteiger partial charge in [0, 0.05) is 16.5 Å². The second-order valence-corrected chi connectivity index (χ2v) is 7.15. The van der Waals surface area contributed by atoms with E-state index in [1.54, 1.807) is 0 Å². The number of halogens is 3. The van der Waals surface area contributed by atoms with E-state index in [2.05, 4.69) is 10.1 Å². The average molecular weight is 311 g/mol. The number of rotatable bonds is 4. The van der Waals surface area contributed by atoms with Gasteiger partial charge < -0.3 is 10.1 Å². The Morgan fingerprint density at radius 3 is 2.60 bits per heavy atom. The molecule has 1 amide bonds. The number of alkyl carbamates (subject to hydrolysis) is 1. The SMILES string of the molecule is CC(=S)SCCNC(=O)OCC(Cl)(Cl)Cl. The number of carbonyl (C=O) groups is 1. The van der Waals surface area contributed by atoms with E-state index >= 15 is 0 Å². The minimum atomic E-state index is -1.57. The molecule has 0 rings (SSSR count). The molecule has 0 unspecified atom stereocenters. The molecule has 0 atom stereocenters. The number of nitrogens with one attached hydrogen (secondary N) is 1. The van der Waals surface area contributed by atoms with Gasteiger partial charge in [0.25, 0.3) is 0 Å². The van der Waals surface area contributed by atoms with Crippen molar-refractivity contribution in [1.82, 2.24) is 5.32 Å². The summed E-state index contributed by atoms with van der Waals surface area (Å²) in [4.78, 5) is 11.0. The summed E-state index contributed by atoms with van der Waals surface area (Å²) in [5, 5.41) is 2.49. The largest absolute Gasteiger partial charge is 0.445 e. The first-order valence-corrected chi connectivity index (χ1v) is 6.45. The van der Waals surface area contributed by atoms with Crippen molar-refractivity contribution in [2.75, 3.05) is 18.9 Å². The van der Waals surface area contributed by atoms with Crippen LogP contribution in [0, 0.1) is 0 Å². The Labute approximate surface area is 113 Å². The van der Waals surface area contributed by atoms with E-state index in [4.69, 9.17) is 47.0 Å². The Morgan fingerprint density at radius 2 is 2.13 bits per heavy atom. The van der Waals surface area contributed by atoms with Crippen LogP contribution in [0.2, 0.25) is 0 Å². The van der Waals surface area contributed by atoms with Crippen LogP contribution in [0.1, 0.15) is 6.92 Å². The Kier molecular flexibility index (Phi) is 8.09. The van der Waals surface area contributed by atoms with Gasteiger partial charge in [-0.15, -0.1) is 11.8 Å². The highest BCUT2D eigenvalue weighted by Gasteiger charge is 2.21. The van der Waals surface area contributed by atoms with Crippen LogP contribution in [-0.4, -0.2) is 33.0 Å². The lowest BCUT2D eigenvalue weighted by Gasteiger charge is -2.11. The monoisotopic (exact) mass is 309 g/mol. The zero-order valence-electron chi connectivity index (χ0n) is 7.89. The molecule has 15 heavy (non-hydrogen) atoms. The summed E-state index contributed by atoms with van der Waals surface area (Å²) in [5.41, 5.74) is 0. The first-order valence-electron chi connectivity index (χ1n) is 3.92. The molecule has 0 bridgehead atoms. The molecule has 0 heterocycles. The Hall–Kier alpha value is 0.580. The van der Waals surface area contributed by atoms with E-state index in [0.29, 0.717) is 12.3 Å². The molecule has 0 aromatic carbocycles. The molecular formula is C7H10Cl3NO2S2. The first kappa shape index (κ1) is 15.6. The molecule has 0 aromatic rings. The third-order valence-corrected chi connectivity index (χ3v) is 2.54. The quantitative estimate of drug-likeness (QED) is 0.492.